The number of nitrogens with one attached hydrogen (secondary N) is 2. The molecule has 1 rings (SSSR count). The maximum atomic E-state index is 12.4. The van der Waals surface area contributed by atoms with Gasteiger partial charge in [0.05, 0.1) is 18.7 Å². The number of halogens is 1. The normalized spacial score (nSPS) is 12.8. The van der Waals surface area contributed by atoms with Gasteiger partial charge in [-0.25, -0.2) is 13.1 Å². The Morgan fingerprint density at radius 3 is 2.67 bits per heavy atom. The van der Waals surface area contributed by atoms with Crippen molar-refractivity contribution in [1.82, 2.24) is 10.0 Å². The molecule has 0 aliphatic rings. The first-order valence-corrected chi connectivity index (χ1v) is 9.01. The van der Waals surface area contributed by atoms with E-state index in [1.807, 2.05) is 0 Å². The first-order chi connectivity index (χ1) is 9.72. The number of furan rings is 1. The number of hydrogen-bond donors (Lipinski definition) is 2. The lowest BCUT2D eigenvalue weighted by Crippen LogP contribution is -2.46. The van der Waals surface area contributed by atoms with Crippen molar-refractivity contribution in [1.29, 1.82) is 0 Å². The molecule has 0 saturated heterocycles. The van der Waals surface area contributed by atoms with E-state index < -0.39 is 15.6 Å². The minimum Gasteiger partial charge on any atom is -0.452 e. The van der Waals surface area contributed by atoms with Crippen molar-refractivity contribution in [2.75, 3.05) is 20.3 Å². The summed E-state index contributed by atoms with van der Waals surface area (Å²) in [6.45, 7) is 7.18. The van der Waals surface area contributed by atoms with Gasteiger partial charge in [0.2, 0.25) is 10.0 Å². The van der Waals surface area contributed by atoms with Crippen LogP contribution in [0.15, 0.2) is 20.0 Å². The third kappa shape index (κ3) is 5.71. The zero-order valence-corrected chi connectivity index (χ0v) is 15.2. The lowest BCUT2D eigenvalue weighted by atomic mass is 10.1. The van der Waals surface area contributed by atoms with E-state index >= 15 is 0 Å². The van der Waals surface area contributed by atoms with Gasteiger partial charge in [0, 0.05) is 13.2 Å². The van der Waals surface area contributed by atoms with E-state index in [9.17, 15) is 8.42 Å². The van der Waals surface area contributed by atoms with Gasteiger partial charge in [-0.15, -0.1) is 0 Å². The fraction of sp³-hybridized carbons (Fsp3) is 0.692. The van der Waals surface area contributed by atoms with E-state index in [-0.39, 0.29) is 16.2 Å². The van der Waals surface area contributed by atoms with E-state index in [1.165, 1.54) is 13.2 Å². The van der Waals surface area contributed by atoms with Gasteiger partial charge < -0.3 is 14.5 Å². The van der Waals surface area contributed by atoms with Crippen molar-refractivity contribution < 1.29 is 17.6 Å². The highest BCUT2D eigenvalue weighted by atomic mass is 79.9. The number of hydrogen-bond acceptors (Lipinski definition) is 5. The van der Waals surface area contributed by atoms with Gasteiger partial charge >= 0.3 is 0 Å². The Hall–Kier alpha value is -0.410. The Bertz CT molecular complexity index is 555. The second-order valence-electron chi connectivity index (χ2n) is 5.45. The summed E-state index contributed by atoms with van der Waals surface area (Å²) in [4.78, 5) is 0.0972. The lowest BCUT2D eigenvalue weighted by Gasteiger charge is -2.24. The predicted molar refractivity (Wildman–Crippen MR) is 84.7 cm³/mol. The van der Waals surface area contributed by atoms with Gasteiger partial charge in [0.1, 0.15) is 10.7 Å². The Balaban J connectivity index is 2.88. The van der Waals surface area contributed by atoms with Crippen LogP contribution < -0.4 is 10.0 Å². The van der Waals surface area contributed by atoms with Crippen LogP contribution in [-0.4, -0.2) is 34.2 Å². The molecule has 0 atom stereocenters. The summed E-state index contributed by atoms with van der Waals surface area (Å²) in [5.74, 6) is 0.570. The Morgan fingerprint density at radius 1 is 1.43 bits per heavy atom. The van der Waals surface area contributed by atoms with E-state index in [1.54, 1.807) is 13.8 Å². The summed E-state index contributed by atoms with van der Waals surface area (Å²) >= 11 is 3.16. The molecule has 0 aliphatic carbocycles. The van der Waals surface area contributed by atoms with Gasteiger partial charge in [0.15, 0.2) is 4.67 Å². The summed E-state index contributed by atoms with van der Waals surface area (Å²) in [6, 6.07) is 1.53. The quantitative estimate of drug-likeness (QED) is 0.640. The molecule has 0 spiro atoms. The smallest absolute Gasteiger partial charge is 0.245 e. The molecule has 0 saturated carbocycles. The van der Waals surface area contributed by atoms with Crippen LogP contribution in [0.5, 0.6) is 0 Å². The average Bonchev–Trinajstić information content (AvgIpc) is 2.70. The molecule has 21 heavy (non-hydrogen) atoms. The molecule has 2 N–H and O–H groups in total. The van der Waals surface area contributed by atoms with Crippen LogP contribution in [0.2, 0.25) is 0 Å². The monoisotopic (exact) mass is 382 g/mol. The van der Waals surface area contributed by atoms with E-state index in [2.05, 4.69) is 32.9 Å². The van der Waals surface area contributed by atoms with Gasteiger partial charge in [-0.3, -0.25) is 0 Å². The minimum absolute atomic E-state index is 0.0972. The van der Waals surface area contributed by atoms with Crippen molar-refractivity contribution in [3.05, 3.63) is 16.5 Å². The van der Waals surface area contributed by atoms with Crippen LogP contribution in [0.3, 0.4) is 0 Å². The number of ether oxygens (including phenoxy) is 1. The second-order valence-corrected chi connectivity index (χ2v) is 7.82. The fourth-order valence-corrected chi connectivity index (χ4v) is 4.26. The summed E-state index contributed by atoms with van der Waals surface area (Å²) in [6.07, 6.45) is 1.000. The Labute approximate surface area is 134 Å². The van der Waals surface area contributed by atoms with Crippen molar-refractivity contribution >= 4 is 26.0 Å². The minimum atomic E-state index is -3.68. The van der Waals surface area contributed by atoms with Gasteiger partial charge in [-0.1, -0.05) is 6.92 Å². The standard InChI is InChI=1S/C13H23BrN2O4S/c1-5-6-15-8-10-7-11(12(14)20-10)21(17,18)16-13(2,3)9-19-4/h7,15-16H,5-6,8-9H2,1-4H3. The molecule has 0 unspecified atom stereocenters. The number of sulfonamides is 1. The first-order valence-electron chi connectivity index (χ1n) is 6.73. The highest BCUT2D eigenvalue weighted by Crippen LogP contribution is 2.27. The summed E-state index contributed by atoms with van der Waals surface area (Å²) in [5, 5.41) is 3.16. The number of rotatable bonds is 9. The van der Waals surface area contributed by atoms with E-state index in [0.717, 1.165) is 13.0 Å². The van der Waals surface area contributed by atoms with Gasteiger partial charge in [-0.2, -0.15) is 0 Å². The predicted octanol–water partition coefficient (Wildman–Crippen LogP) is 2.25. The molecule has 0 amide bonds. The largest absolute Gasteiger partial charge is 0.452 e. The Kier molecular flexibility index (Phi) is 6.86. The third-order valence-corrected chi connectivity index (χ3v) is 5.19. The molecule has 1 heterocycles. The van der Waals surface area contributed by atoms with E-state index in [0.29, 0.717) is 12.3 Å². The highest BCUT2D eigenvalue weighted by Gasteiger charge is 2.29. The molecule has 8 heteroatoms. The van der Waals surface area contributed by atoms with Crippen molar-refractivity contribution in [2.45, 2.75) is 44.2 Å². The molecule has 0 bridgehead atoms. The molecule has 0 aromatic carbocycles. The van der Waals surface area contributed by atoms with Crippen LogP contribution >= 0.6 is 15.9 Å². The zero-order chi connectivity index (χ0) is 16.1. The zero-order valence-electron chi connectivity index (χ0n) is 12.8. The van der Waals surface area contributed by atoms with E-state index in [4.69, 9.17) is 9.15 Å². The SMILES string of the molecule is CCCNCc1cc(S(=O)(=O)NC(C)(C)COC)c(Br)o1. The molecule has 6 nitrogen and oxygen atoms in total. The van der Waals surface area contributed by atoms with Crippen molar-refractivity contribution in [2.24, 2.45) is 0 Å². The molecule has 0 radical (unpaired) electrons. The van der Waals surface area contributed by atoms with Crippen LogP contribution in [0, 0.1) is 0 Å². The third-order valence-electron chi connectivity index (χ3n) is 2.64. The molecular formula is C13H23BrN2O4S. The second kappa shape index (κ2) is 7.73. The van der Waals surface area contributed by atoms with Crippen LogP contribution in [-0.2, 0) is 21.3 Å². The molecule has 1 aromatic rings. The number of methoxy groups -OCH3 is 1. The van der Waals surface area contributed by atoms with Crippen LogP contribution in [0.1, 0.15) is 33.0 Å². The molecule has 0 aliphatic heterocycles. The maximum absolute atomic E-state index is 12.4. The summed E-state index contributed by atoms with van der Waals surface area (Å²) < 4.78 is 38.1. The van der Waals surface area contributed by atoms with Crippen LogP contribution in [0.25, 0.3) is 0 Å². The van der Waals surface area contributed by atoms with Crippen molar-refractivity contribution in [3.8, 4) is 0 Å². The van der Waals surface area contributed by atoms with Gasteiger partial charge in [0.25, 0.3) is 0 Å². The summed E-state index contributed by atoms with van der Waals surface area (Å²) in [7, 11) is -2.15. The topological polar surface area (TPSA) is 80.6 Å². The van der Waals surface area contributed by atoms with Gasteiger partial charge in [-0.05, 0) is 42.7 Å². The maximum Gasteiger partial charge on any atom is 0.245 e. The summed E-state index contributed by atoms with van der Waals surface area (Å²) in [5.41, 5.74) is -0.703. The average molecular weight is 383 g/mol. The molecule has 1 aromatic heterocycles. The lowest BCUT2D eigenvalue weighted by molar-refractivity contribution is 0.141. The first kappa shape index (κ1) is 18.6. The molecule has 0 fully saturated rings. The van der Waals surface area contributed by atoms with Crippen molar-refractivity contribution in [3.63, 3.8) is 0 Å². The fourth-order valence-electron chi connectivity index (χ4n) is 1.87. The molecular weight excluding hydrogens is 360 g/mol. The Morgan fingerprint density at radius 2 is 2.10 bits per heavy atom. The molecule has 122 valence electrons. The van der Waals surface area contributed by atoms with Crippen LogP contribution in [0.4, 0.5) is 0 Å². The highest BCUT2D eigenvalue weighted by molar-refractivity contribution is 9.10.